The Labute approximate surface area is 118 Å². The van der Waals surface area contributed by atoms with Crippen LogP contribution in [0.5, 0.6) is 0 Å². The van der Waals surface area contributed by atoms with Crippen molar-refractivity contribution in [1.29, 1.82) is 0 Å². The number of urea groups is 1. The molecule has 7 nitrogen and oxygen atoms in total. The van der Waals surface area contributed by atoms with Gasteiger partial charge in [-0.3, -0.25) is 4.79 Å². The molecule has 1 aromatic rings. The SMILES string of the molecule is CCCC(CC(=O)O)NC(=O)NCCCn1ccnc1. The number of amides is 2. The maximum Gasteiger partial charge on any atom is 0.315 e. The molecule has 0 spiro atoms. The maximum absolute atomic E-state index is 11.6. The van der Waals surface area contributed by atoms with Crippen molar-refractivity contribution in [2.45, 2.75) is 45.2 Å². The number of rotatable bonds is 9. The van der Waals surface area contributed by atoms with Crippen LogP contribution in [0.25, 0.3) is 0 Å². The number of carbonyl (C=O) groups is 2. The van der Waals surface area contributed by atoms with E-state index in [0.717, 1.165) is 19.4 Å². The van der Waals surface area contributed by atoms with Crippen LogP contribution < -0.4 is 10.6 Å². The van der Waals surface area contributed by atoms with E-state index in [1.54, 1.807) is 12.5 Å². The number of nitrogens with one attached hydrogen (secondary N) is 2. The summed E-state index contributed by atoms with van der Waals surface area (Å²) in [5, 5.41) is 14.2. The first kappa shape index (κ1) is 16.0. The molecule has 0 fully saturated rings. The number of carboxylic acid groups (broad SMARTS) is 1. The number of aryl methyl sites for hydroxylation is 1. The summed E-state index contributed by atoms with van der Waals surface area (Å²) in [4.78, 5) is 26.2. The van der Waals surface area contributed by atoms with E-state index in [-0.39, 0.29) is 18.5 Å². The fourth-order valence-electron chi connectivity index (χ4n) is 1.90. The summed E-state index contributed by atoms with van der Waals surface area (Å²) < 4.78 is 1.93. The van der Waals surface area contributed by atoms with Gasteiger partial charge in [-0.25, -0.2) is 9.78 Å². The zero-order valence-corrected chi connectivity index (χ0v) is 11.7. The van der Waals surface area contributed by atoms with Crippen LogP contribution in [0.2, 0.25) is 0 Å². The number of imidazole rings is 1. The van der Waals surface area contributed by atoms with E-state index in [4.69, 9.17) is 5.11 Å². The highest BCUT2D eigenvalue weighted by Crippen LogP contribution is 2.01. The van der Waals surface area contributed by atoms with Crippen LogP contribution in [0.15, 0.2) is 18.7 Å². The summed E-state index contributed by atoms with van der Waals surface area (Å²) in [5.41, 5.74) is 0. The topological polar surface area (TPSA) is 96.3 Å². The van der Waals surface area contributed by atoms with E-state index in [1.165, 1.54) is 0 Å². The molecule has 1 unspecified atom stereocenters. The van der Waals surface area contributed by atoms with Gasteiger partial charge < -0.3 is 20.3 Å². The highest BCUT2D eigenvalue weighted by molar-refractivity contribution is 5.75. The molecule has 0 aliphatic carbocycles. The van der Waals surface area contributed by atoms with Crippen molar-refractivity contribution in [3.05, 3.63) is 18.7 Å². The van der Waals surface area contributed by atoms with Gasteiger partial charge in [0.15, 0.2) is 0 Å². The lowest BCUT2D eigenvalue weighted by atomic mass is 10.1. The lowest BCUT2D eigenvalue weighted by molar-refractivity contribution is -0.137. The average molecular weight is 282 g/mol. The Morgan fingerprint density at radius 2 is 2.25 bits per heavy atom. The number of hydrogen-bond donors (Lipinski definition) is 3. The van der Waals surface area contributed by atoms with E-state index in [2.05, 4.69) is 15.6 Å². The molecule has 0 radical (unpaired) electrons. The summed E-state index contributed by atoms with van der Waals surface area (Å²) in [6.07, 6.45) is 7.54. The number of aromatic nitrogens is 2. The molecule has 2 amide bonds. The molecule has 7 heteroatoms. The second-order valence-electron chi connectivity index (χ2n) is 4.64. The Kier molecular flexibility index (Phi) is 7.16. The van der Waals surface area contributed by atoms with Gasteiger partial charge >= 0.3 is 12.0 Å². The van der Waals surface area contributed by atoms with Crippen LogP contribution in [-0.4, -0.2) is 39.2 Å². The highest BCUT2D eigenvalue weighted by Gasteiger charge is 2.14. The molecule has 0 saturated carbocycles. The zero-order valence-electron chi connectivity index (χ0n) is 11.7. The van der Waals surface area contributed by atoms with Crippen molar-refractivity contribution in [3.63, 3.8) is 0 Å². The predicted molar refractivity (Wildman–Crippen MR) is 74.3 cm³/mol. The number of carboxylic acids is 1. The van der Waals surface area contributed by atoms with Gasteiger partial charge in [0.25, 0.3) is 0 Å². The number of hydrogen-bond acceptors (Lipinski definition) is 3. The van der Waals surface area contributed by atoms with Crippen molar-refractivity contribution in [2.24, 2.45) is 0 Å². The fraction of sp³-hybridized carbons (Fsp3) is 0.615. The van der Waals surface area contributed by atoms with E-state index in [9.17, 15) is 9.59 Å². The van der Waals surface area contributed by atoms with Crippen molar-refractivity contribution in [3.8, 4) is 0 Å². The third-order valence-corrected chi connectivity index (χ3v) is 2.83. The van der Waals surface area contributed by atoms with Crippen molar-refractivity contribution < 1.29 is 14.7 Å². The summed E-state index contributed by atoms with van der Waals surface area (Å²) in [7, 11) is 0. The molecule has 1 heterocycles. The van der Waals surface area contributed by atoms with Crippen LogP contribution >= 0.6 is 0 Å². The quantitative estimate of drug-likeness (QED) is 0.593. The van der Waals surface area contributed by atoms with Crippen LogP contribution in [0.3, 0.4) is 0 Å². The first-order chi connectivity index (χ1) is 9.61. The molecule has 0 aromatic carbocycles. The molecule has 0 saturated heterocycles. The van der Waals surface area contributed by atoms with E-state index >= 15 is 0 Å². The van der Waals surface area contributed by atoms with Gasteiger partial charge in [0.05, 0.1) is 12.7 Å². The van der Waals surface area contributed by atoms with E-state index in [0.29, 0.717) is 13.0 Å². The monoisotopic (exact) mass is 282 g/mol. The third kappa shape index (κ3) is 6.77. The summed E-state index contributed by atoms with van der Waals surface area (Å²) in [6, 6.07) is -0.624. The zero-order chi connectivity index (χ0) is 14.8. The second-order valence-corrected chi connectivity index (χ2v) is 4.64. The molecule has 0 aliphatic heterocycles. The molecule has 3 N–H and O–H groups in total. The third-order valence-electron chi connectivity index (χ3n) is 2.83. The summed E-state index contributed by atoms with van der Waals surface area (Å²) >= 11 is 0. The fourth-order valence-corrected chi connectivity index (χ4v) is 1.90. The molecule has 0 aliphatic rings. The van der Waals surface area contributed by atoms with Crippen LogP contribution in [0, 0.1) is 0 Å². The van der Waals surface area contributed by atoms with Crippen molar-refractivity contribution >= 4 is 12.0 Å². The van der Waals surface area contributed by atoms with E-state index in [1.807, 2.05) is 17.7 Å². The van der Waals surface area contributed by atoms with Gasteiger partial charge in [-0.15, -0.1) is 0 Å². The standard InChI is InChI=1S/C13H22N4O3/c1-2-4-11(9-12(18)19)16-13(20)15-5-3-7-17-8-6-14-10-17/h6,8,10-11H,2-5,7,9H2,1H3,(H,18,19)(H2,15,16,20). The Hall–Kier alpha value is -2.05. The minimum Gasteiger partial charge on any atom is -0.481 e. The Balaban J connectivity index is 2.18. The lowest BCUT2D eigenvalue weighted by Gasteiger charge is -2.16. The summed E-state index contributed by atoms with van der Waals surface area (Å²) in [5.74, 6) is -0.899. The van der Waals surface area contributed by atoms with Crippen molar-refractivity contribution in [2.75, 3.05) is 6.54 Å². The molecule has 1 atom stereocenters. The Bertz CT molecular complexity index is 406. The van der Waals surface area contributed by atoms with Crippen LogP contribution in [-0.2, 0) is 11.3 Å². The highest BCUT2D eigenvalue weighted by atomic mass is 16.4. The van der Waals surface area contributed by atoms with Gasteiger partial charge in [-0.2, -0.15) is 0 Å². The molecule has 112 valence electrons. The maximum atomic E-state index is 11.6. The predicted octanol–water partition coefficient (Wildman–Crippen LogP) is 1.22. The first-order valence-electron chi connectivity index (χ1n) is 6.83. The van der Waals surface area contributed by atoms with Crippen molar-refractivity contribution in [1.82, 2.24) is 20.2 Å². The second kappa shape index (κ2) is 8.95. The summed E-state index contributed by atoms with van der Waals surface area (Å²) in [6.45, 7) is 3.28. The largest absolute Gasteiger partial charge is 0.481 e. The molecule has 0 bridgehead atoms. The van der Waals surface area contributed by atoms with E-state index < -0.39 is 5.97 Å². The normalized spacial score (nSPS) is 11.8. The molecule has 1 aromatic heterocycles. The van der Waals surface area contributed by atoms with Gasteiger partial charge in [-0.1, -0.05) is 13.3 Å². The minimum absolute atomic E-state index is 0.0453. The van der Waals surface area contributed by atoms with Gasteiger partial charge in [0.1, 0.15) is 0 Å². The number of aliphatic carboxylic acids is 1. The molecule has 20 heavy (non-hydrogen) atoms. The Morgan fingerprint density at radius 3 is 2.85 bits per heavy atom. The molecular weight excluding hydrogens is 260 g/mol. The molecule has 1 rings (SSSR count). The van der Waals surface area contributed by atoms with Gasteiger partial charge in [0, 0.05) is 31.5 Å². The smallest absolute Gasteiger partial charge is 0.315 e. The Morgan fingerprint density at radius 1 is 1.45 bits per heavy atom. The lowest BCUT2D eigenvalue weighted by Crippen LogP contribution is -2.43. The van der Waals surface area contributed by atoms with Crippen LogP contribution in [0.1, 0.15) is 32.6 Å². The van der Waals surface area contributed by atoms with Crippen LogP contribution in [0.4, 0.5) is 4.79 Å². The first-order valence-corrected chi connectivity index (χ1v) is 6.83. The van der Waals surface area contributed by atoms with Gasteiger partial charge in [0.2, 0.25) is 0 Å². The van der Waals surface area contributed by atoms with Gasteiger partial charge in [-0.05, 0) is 12.8 Å². The molecular formula is C13H22N4O3. The number of carbonyl (C=O) groups excluding carboxylic acids is 1. The number of nitrogens with zero attached hydrogens (tertiary/aromatic N) is 2. The average Bonchev–Trinajstić information content (AvgIpc) is 2.87. The minimum atomic E-state index is -0.899.